The molecule has 160 valence electrons. The molecule has 28 heavy (non-hydrogen) atoms. The van der Waals surface area contributed by atoms with Gasteiger partial charge in [-0.3, -0.25) is 4.79 Å². The van der Waals surface area contributed by atoms with Gasteiger partial charge in [0.25, 0.3) is 5.91 Å². The highest BCUT2D eigenvalue weighted by molar-refractivity contribution is 5.85. The molecule has 1 saturated carbocycles. The molecule has 1 aromatic carbocycles. The Hall–Kier alpha value is -1.46. The summed E-state index contributed by atoms with van der Waals surface area (Å²) in [5.41, 5.74) is 0.754. The van der Waals surface area contributed by atoms with E-state index in [2.05, 4.69) is 10.6 Å². The number of benzene rings is 1. The van der Waals surface area contributed by atoms with Gasteiger partial charge in [0.05, 0.1) is 7.11 Å². The highest BCUT2D eigenvalue weighted by Crippen LogP contribution is 2.31. The fourth-order valence-corrected chi connectivity index (χ4v) is 3.53. The predicted octanol–water partition coefficient (Wildman–Crippen LogP) is 4.61. The van der Waals surface area contributed by atoms with Crippen molar-refractivity contribution in [3.8, 4) is 11.5 Å². The molecule has 0 atom stereocenters. The number of hydrogen-bond donors (Lipinski definition) is 2. The van der Waals surface area contributed by atoms with Gasteiger partial charge in [0.2, 0.25) is 0 Å². The van der Waals surface area contributed by atoms with Gasteiger partial charge in [0.1, 0.15) is 0 Å². The summed E-state index contributed by atoms with van der Waals surface area (Å²) in [4.78, 5) is 12.1. The Morgan fingerprint density at radius 2 is 1.75 bits per heavy atom. The van der Waals surface area contributed by atoms with Crippen LogP contribution in [0.5, 0.6) is 11.5 Å². The van der Waals surface area contributed by atoms with E-state index in [9.17, 15) is 4.79 Å². The van der Waals surface area contributed by atoms with Gasteiger partial charge < -0.3 is 20.1 Å². The summed E-state index contributed by atoms with van der Waals surface area (Å²) < 4.78 is 11.3. The fourth-order valence-electron chi connectivity index (χ4n) is 3.53. The lowest BCUT2D eigenvalue weighted by Gasteiger charge is -2.23. The van der Waals surface area contributed by atoms with E-state index in [0.29, 0.717) is 17.5 Å². The number of amides is 1. The fraction of sp³-hybridized carbons (Fsp3) is 0.682. The Morgan fingerprint density at radius 3 is 2.36 bits per heavy atom. The van der Waals surface area contributed by atoms with Crippen molar-refractivity contribution in [1.29, 1.82) is 0 Å². The molecule has 6 heteroatoms. The molecule has 0 saturated heterocycles. The van der Waals surface area contributed by atoms with Crippen molar-refractivity contribution in [3.05, 3.63) is 23.8 Å². The standard InChI is InChI=1S/C22H36N2O3.ClH/c1-22(2,3)24-20(25)16-27-21-17(11-10-14-19(21)26-4)15-23-18-12-8-6-5-7-9-13-18;/h10-11,14,18,23H,5-9,12-13,15-16H2,1-4H3,(H,24,25);1H. The van der Waals surface area contributed by atoms with E-state index in [1.807, 2.05) is 39.0 Å². The molecule has 0 bridgehead atoms. The second kappa shape index (κ2) is 12.2. The zero-order valence-corrected chi connectivity index (χ0v) is 18.6. The number of halogens is 1. The van der Waals surface area contributed by atoms with Gasteiger partial charge in [-0.15, -0.1) is 12.4 Å². The molecule has 0 unspecified atom stereocenters. The van der Waals surface area contributed by atoms with Gasteiger partial charge in [0, 0.05) is 23.7 Å². The van der Waals surface area contributed by atoms with E-state index in [0.717, 1.165) is 12.1 Å². The predicted molar refractivity (Wildman–Crippen MR) is 117 cm³/mol. The summed E-state index contributed by atoms with van der Waals surface area (Å²) >= 11 is 0. The Kier molecular flexibility index (Phi) is 10.7. The third kappa shape index (κ3) is 8.70. The number of carbonyl (C=O) groups excluding carboxylic acids is 1. The summed E-state index contributed by atoms with van der Waals surface area (Å²) in [6.45, 7) is 6.57. The smallest absolute Gasteiger partial charge is 0.258 e. The molecule has 1 fully saturated rings. The molecule has 1 aromatic rings. The Labute approximate surface area is 176 Å². The van der Waals surface area contributed by atoms with Crippen LogP contribution in [0.25, 0.3) is 0 Å². The number of ether oxygens (including phenoxy) is 2. The first-order valence-electron chi connectivity index (χ1n) is 10.2. The van der Waals surface area contributed by atoms with Crippen LogP contribution in [0, 0.1) is 0 Å². The number of nitrogens with one attached hydrogen (secondary N) is 2. The minimum atomic E-state index is -0.274. The lowest BCUT2D eigenvalue weighted by molar-refractivity contribution is -0.124. The quantitative estimate of drug-likeness (QED) is 0.686. The van der Waals surface area contributed by atoms with Crippen molar-refractivity contribution in [1.82, 2.24) is 10.6 Å². The largest absolute Gasteiger partial charge is 0.493 e. The van der Waals surface area contributed by atoms with E-state index < -0.39 is 0 Å². The number of methoxy groups -OCH3 is 1. The Balaban J connectivity index is 0.00000392. The van der Waals surface area contributed by atoms with Crippen LogP contribution >= 0.6 is 12.4 Å². The molecule has 0 radical (unpaired) electrons. The highest BCUT2D eigenvalue weighted by atomic mass is 35.5. The first-order chi connectivity index (χ1) is 12.9. The van der Waals surface area contributed by atoms with Crippen LogP contribution < -0.4 is 20.1 Å². The zero-order chi connectivity index (χ0) is 19.7. The van der Waals surface area contributed by atoms with Crippen molar-refractivity contribution in [2.75, 3.05) is 13.7 Å². The second-order valence-electron chi connectivity index (χ2n) is 8.46. The lowest BCUT2D eigenvalue weighted by atomic mass is 9.96. The monoisotopic (exact) mass is 412 g/mol. The Bertz CT molecular complexity index is 594. The minimum Gasteiger partial charge on any atom is -0.493 e. The third-order valence-electron chi connectivity index (χ3n) is 4.83. The maximum Gasteiger partial charge on any atom is 0.258 e. The van der Waals surface area contributed by atoms with Crippen molar-refractivity contribution < 1.29 is 14.3 Å². The first-order valence-corrected chi connectivity index (χ1v) is 10.2. The second-order valence-corrected chi connectivity index (χ2v) is 8.46. The van der Waals surface area contributed by atoms with E-state index in [1.165, 1.54) is 44.9 Å². The topological polar surface area (TPSA) is 59.6 Å². The maximum atomic E-state index is 12.1. The number of hydrogen-bond acceptors (Lipinski definition) is 4. The molecule has 2 rings (SSSR count). The normalized spacial score (nSPS) is 15.7. The zero-order valence-electron chi connectivity index (χ0n) is 17.8. The van der Waals surface area contributed by atoms with Crippen LogP contribution in [0.2, 0.25) is 0 Å². The molecule has 5 nitrogen and oxygen atoms in total. The van der Waals surface area contributed by atoms with Crippen LogP contribution in [-0.2, 0) is 11.3 Å². The van der Waals surface area contributed by atoms with Crippen LogP contribution in [0.3, 0.4) is 0 Å². The van der Waals surface area contributed by atoms with Gasteiger partial charge in [-0.05, 0) is 39.7 Å². The Morgan fingerprint density at radius 1 is 1.11 bits per heavy atom. The molecule has 0 aromatic heterocycles. The summed E-state index contributed by atoms with van der Waals surface area (Å²) in [5, 5.41) is 6.61. The van der Waals surface area contributed by atoms with Gasteiger partial charge in [-0.2, -0.15) is 0 Å². The molecular weight excluding hydrogens is 376 g/mol. The summed E-state index contributed by atoms with van der Waals surface area (Å²) in [7, 11) is 1.63. The SMILES string of the molecule is COc1cccc(CNC2CCCCCCC2)c1OCC(=O)NC(C)(C)C.Cl. The molecule has 1 aliphatic carbocycles. The molecular formula is C22H37ClN2O3. The third-order valence-corrected chi connectivity index (χ3v) is 4.83. The van der Waals surface area contributed by atoms with Crippen molar-refractivity contribution in [3.63, 3.8) is 0 Å². The molecule has 2 N–H and O–H groups in total. The van der Waals surface area contributed by atoms with Gasteiger partial charge in [-0.25, -0.2) is 0 Å². The molecule has 0 heterocycles. The van der Waals surface area contributed by atoms with E-state index in [-0.39, 0.29) is 30.5 Å². The highest BCUT2D eigenvalue weighted by Gasteiger charge is 2.18. The summed E-state index contributed by atoms with van der Waals surface area (Å²) in [6, 6.07) is 6.43. The van der Waals surface area contributed by atoms with Crippen LogP contribution in [0.1, 0.15) is 71.3 Å². The molecule has 1 aliphatic rings. The number of para-hydroxylation sites is 1. The van der Waals surface area contributed by atoms with Gasteiger partial charge in [-0.1, -0.05) is 44.2 Å². The van der Waals surface area contributed by atoms with Gasteiger partial charge in [0.15, 0.2) is 18.1 Å². The minimum absolute atomic E-state index is 0. The van der Waals surface area contributed by atoms with Gasteiger partial charge >= 0.3 is 0 Å². The van der Waals surface area contributed by atoms with Crippen molar-refractivity contribution >= 4 is 18.3 Å². The van der Waals surface area contributed by atoms with Crippen molar-refractivity contribution in [2.24, 2.45) is 0 Å². The molecule has 0 aliphatic heterocycles. The number of carbonyl (C=O) groups is 1. The summed E-state index contributed by atoms with van der Waals surface area (Å²) in [6.07, 6.45) is 9.11. The number of rotatable bonds is 7. The lowest BCUT2D eigenvalue weighted by Crippen LogP contribution is -2.43. The summed E-state index contributed by atoms with van der Waals surface area (Å²) in [5.74, 6) is 1.19. The van der Waals surface area contributed by atoms with Crippen LogP contribution in [0.4, 0.5) is 0 Å². The molecule has 0 spiro atoms. The van der Waals surface area contributed by atoms with E-state index in [1.54, 1.807) is 7.11 Å². The van der Waals surface area contributed by atoms with Crippen LogP contribution in [-0.4, -0.2) is 31.2 Å². The first kappa shape index (κ1) is 24.6. The maximum absolute atomic E-state index is 12.1. The van der Waals surface area contributed by atoms with Crippen LogP contribution in [0.15, 0.2) is 18.2 Å². The van der Waals surface area contributed by atoms with E-state index >= 15 is 0 Å². The van der Waals surface area contributed by atoms with E-state index in [4.69, 9.17) is 9.47 Å². The van der Waals surface area contributed by atoms with Crippen molar-refractivity contribution in [2.45, 2.75) is 83.8 Å². The average molecular weight is 413 g/mol. The molecule has 1 amide bonds. The average Bonchev–Trinajstić information content (AvgIpc) is 2.57.